The van der Waals surface area contributed by atoms with Gasteiger partial charge in [0, 0.05) is 26.1 Å². The number of carbonyl (C=O) groups is 1. The lowest BCUT2D eigenvalue weighted by Gasteiger charge is -2.32. The third-order valence-corrected chi connectivity index (χ3v) is 4.23. The van der Waals surface area contributed by atoms with Gasteiger partial charge in [-0.2, -0.15) is 10.2 Å². The molecular formula is C16H23N7O2. The van der Waals surface area contributed by atoms with Gasteiger partial charge in [-0.1, -0.05) is 5.21 Å². The van der Waals surface area contributed by atoms with Gasteiger partial charge in [0.05, 0.1) is 43.4 Å². The predicted octanol–water partition coefficient (Wildman–Crippen LogP) is -0.0771. The number of nitrogens with zero attached hydrogens (tertiary/aromatic N) is 7. The van der Waals surface area contributed by atoms with E-state index in [1.165, 1.54) is 12.4 Å². The van der Waals surface area contributed by atoms with E-state index in [1.54, 1.807) is 15.6 Å². The number of likely N-dealkylation sites (N-methyl/N-ethyl adjacent to an activating group) is 1. The van der Waals surface area contributed by atoms with Crippen molar-refractivity contribution in [2.24, 2.45) is 7.05 Å². The number of hydrogen-bond acceptors (Lipinski definition) is 7. The third-order valence-electron chi connectivity index (χ3n) is 4.23. The third kappa shape index (κ3) is 3.99. The second-order valence-electron chi connectivity index (χ2n) is 6.44. The van der Waals surface area contributed by atoms with Gasteiger partial charge in [0.15, 0.2) is 0 Å². The van der Waals surface area contributed by atoms with E-state index in [-0.39, 0.29) is 11.8 Å². The number of amides is 1. The summed E-state index contributed by atoms with van der Waals surface area (Å²) in [6.07, 6.45) is 3.00. The number of rotatable bonds is 6. The average molecular weight is 345 g/mol. The molecule has 9 heteroatoms. The first-order valence-corrected chi connectivity index (χ1v) is 8.23. The maximum absolute atomic E-state index is 12.7. The van der Waals surface area contributed by atoms with E-state index < -0.39 is 0 Å². The molecule has 1 aliphatic rings. The van der Waals surface area contributed by atoms with Gasteiger partial charge in [-0.3, -0.25) is 9.48 Å². The number of fused-ring (bicyclic) bond motifs is 1. The molecule has 1 aliphatic heterocycles. The first-order chi connectivity index (χ1) is 12.1. The maximum Gasteiger partial charge on any atom is 0.255 e. The van der Waals surface area contributed by atoms with E-state index in [9.17, 15) is 4.79 Å². The molecular weight excluding hydrogens is 322 g/mol. The SMILES string of the molecule is CN(C)CCOC[C@@H]1CN(C(=O)c2ccnnc2)Cc2nnn(C)c21. The highest BCUT2D eigenvalue weighted by Crippen LogP contribution is 2.27. The van der Waals surface area contributed by atoms with Crippen LogP contribution in [0.25, 0.3) is 0 Å². The Bertz CT molecular complexity index is 717. The number of aryl methyl sites for hydroxylation is 1. The zero-order valence-corrected chi connectivity index (χ0v) is 14.8. The lowest BCUT2D eigenvalue weighted by molar-refractivity contribution is 0.0613. The Labute approximate surface area is 146 Å². The molecule has 0 unspecified atom stereocenters. The van der Waals surface area contributed by atoms with Crippen molar-refractivity contribution >= 4 is 5.91 Å². The Kier molecular flexibility index (Phi) is 5.34. The fourth-order valence-electron chi connectivity index (χ4n) is 2.98. The Morgan fingerprint density at radius 1 is 1.40 bits per heavy atom. The van der Waals surface area contributed by atoms with Gasteiger partial charge >= 0.3 is 0 Å². The minimum Gasteiger partial charge on any atom is -0.379 e. The molecule has 25 heavy (non-hydrogen) atoms. The summed E-state index contributed by atoms with van der Waals surface area (Å²) in [5.74, 6) is -0.0332. The van der Waals surface area contributed by atoms with Crippen molar-refractivity contribution in [2.45, 2.75) is 12.5 Å². The van der Waals surface area contributed by atoms with Crippen LogP contribution in [0.1, 0.15) is 27.7 Å². The molecule has 0 aliphatic carbocycles. The first kappa shape index (κ1) is 17.4. The smallest absolute Gasteiger partial charge is 0.255 e. The highest BCUT2D eigenvalue weighted by Gasteiger charge is 2.32. The summed E-state index contributed by atoms with van der Waals surface area (Å²) in [5.41, 5.74) is 2.39. The van der Waals surface area contributed by atoms with Gasteiger partial charge in [-0.25, -0.2) is 0 Å². The summed E-state index contributed by atoms with van der Waals surface area (Å²) in [7, 11) is 5.90. The van der Waals surface area contributed by atoms with Crippen molar-refractivity contribution in [2.75, 3.05) is 40.4 Å². The number of ether oxygens (including phenoxy) is 1. The minimum absolute atomic E-state index is 0.0460. The summed E-state index contributed by atoms with van der Waals surface area (Å²) in [6.45, 7) is 3.04. The summed E-state index contributed by atoms with van der Waals surface area (Å²) in [6, 6.07) is 1.67. The Hall–Kier alpha value is -2.39. The molecule has 0 N–H and O–H groups in total. The Morgan fingerprint density at radius 2 is 2.24 bits per heavy atom. The highest BCUT2D eigenvalue weighted by molar-refractivity contribution is 5.93. The largest absolute Gasteiger partial charge is 0.379 e. The lowest BCUT2D eigenvalue weighted by atomic mass is 9.98. The van der Waals surface area contributed by atoms with Gasteiger partial charge in [0.25, 0.3) is 5.91 Å². The maximum atomic E-state index is 12.7. The van der Waals surface area contributed by atoms with Crippen molar-refractivity contribution in [1.82, 2.24) is 35.0 Å². The van der Waals surface area contributed by atoms with Crippen LogP contribution in [0.15, 0.2) is 18.5 Å². The molecule has 9 nitrogen and oxygen atoms in total. The summed E-state index contributed by atoms with van der Waals surface area (Å²) in [5, 5.41) is 15.8. The van der Waals surface area contributed by atoms with Gasteiger partial charge in [-0.15, -0.1) is 5.10 Å². The number of carbonyl (C=O) groups excluding carboxylic acids is 1. The number of hydrogen-bond donors (Lipinski definition) is 0. The van der Waals surface area contributed by atoms with Crippen LogP contribution in [0.5, 0.6) is 0 Å². The molecule has 0 saturated heterocycles. The molecule has 134 valence electrons. The van der Waals surface area contributed by atoms with Crippen LogP contribution in [0.3, 0.4) is 0 Å². The molecule has 1 amide bonds. The standard InChI is InChI=1S/C16H23N7O2/c1-21(2)6-7-25-11-13-9-23(10-14-15(13)22(3)20-19-14)16(24)12-4-5-17-18-8-12/h4-5,8,13H,6-7,9-11H2,1-3H3/t13-/m0/s1. The van der Waals surface area contributed by atoms with E-state index in [0.29, 0.717) is 31.9 Å². The molecule has 2 aromatic heterocycles. The molecule has 1 atom stereocenters. The summed E-state index contributed by atoms with van der Waals surface area (Å²) in [4.78, 5) is 16.6. The summed E-state index contributed by atoms with van der Waals surface area (Å²) < 4.78 is 7.61. The molecule has 0 radical (unpaired) electrons. The van der Waals surface area contributed by atoms with Crippen molar-refractivity contribution in [1.29, 1.82) is 0 Å². The highest BCUT2D eigenvalue weighted by atomic mass is 16.5. The van der Waals surface area contributed by atoms with Crippen molar-refractivity contribution in [3.05, 3.63) is 35.4 Å². The Morgan fingerprint density at radius 3 is 2.96 bits per heavy atom. The molecule has 0 bridgehead atoms. The zero-order chi connectivity index (χ0) is 17.8. The molecule has 3 rings (SSSR count). The summed E-state index contributed by atoms with van der Waals surface area (Å²) >= 11 is 0. The van der Waals surface area contributed by atoms with Crippen LogP contribution >= 0.6 is 0 Å². The van der Waals surface area contributed by atoms with Crippen LogP contribution in [0.4, 0.5) is 0 Å². The van der Waals surface area contributed by atoms with E-state index in [0.717, 1.165) is 17.9 Å². The van der Waals surface area contributed by atoms with Gasteiger partial charge in [0.1, 0.15) is 5.69 Å². The lowest BCUT2D eigenvalue weighted by Crippen LogP contribution is -2.40. The van der Waals surface area contributed by atoms with Crippen molar-refractivity contribution in [3.8, 4) is 0 Å². The molecule has 0 spiro atoms. The van der Waals surface area contributed by atoms with Gasteiger partial charge in [0.2, 0.25) is 0 Å². The molecule has 3 heterocycles. The van der Waals surface area contributed by atoms with Crippen molar-refractivity contribution in [3.63, 3.8) is 0 Å². The van der Waals surface area contributed by atoms with Crippen molar-refractivity contribution < 1.29 is 9.53 Å². The molecule has 2 aromatic rings. The van der Waals surface area contributed by atoms with Crippen LogP contribution in [-0.4, -0.2) is 81.3 Å². The Balaban J connectivity index is 1.73. The number of aromatic nitrogens is 5. The second-order valence-corrected chi connectivity index (χ2v) is 6.44. The zero-order valence-electron chi connectivity index (χ0n) is 14.8. The van der Waals surface area contributed by atoms with Crippen LogP contribution < -0.4 is 0 Å². The predicted molar refractivity (Wildman–Crippen MR) is 89.9 cm³/mol. The molecule has 0 saturated carbocycles. The minimum atomic E-state index is -0.0792. The molecule has 0 fully saturated rings. The quantitative estimate of drug-likeness (QED) is 0.677. The monoisotopic (exact) mass is 345 g/mol. The van der Waals surface area contributed by atoms with Gasteiger partial charge in [-0.05, 0) is 20.2 Å². The van der Waals surface area contributed by atoms with E-state index in [4.69, 9.17) is 4.74 Å². The second kappa shape index (κ2) is 7.66. The van der Waals surface area contributed by atoms with E-state index in [1.807, 2.05) is 21.1 Å². The van der Waals surface area contributed by atoms with E-state index >= 15 is 0 Å². The van der Waals surface area contributed by atoms with E-state index in [2.05, 4.69) is 25.4 Å². The van der Waals surface area contributed by atoms with Gasteiger partial charge < -0.3 is 14.5 Å². The first-order valence-electron chi connectivity index (χ1n) is 8.23. The molecule has 0 aromatic carbocycles. The van der Waals surface area contributed by atoms with Crippen LogP contribution in [0, 0.1) is 0 Å². The normalized spacial score (nSPS) is 17.0. The fraction of sp³-hybridized carbons (Fsp3) is 0.562. The fourth-order valence-corrected chi connectivity index (χ4v) is 2.98. The van der Waals surface area contributed by atoms with Crippen LogP contribution in [0.2, 0.25) is 0 Å². The average Bonchev–Trinajstić information content (AvgIpc) is 2.99. The topological polar surface area (TPSA) is 89.3 Å². The van der Waals surface area contributed by atoms with Crippen LogP contribution in [-0.2, 0) is 18.3 Å².